The Labute approximate surface area is 103 Å². The number of carbonyl (C=O) groups is 3. The van der Waals surface area contributed by atoms with Crippen LogP contribution in [0, 0.1) is 0 Å². The number of hydrogen-bond donors (Lipinski definition) is 0. The predicted octanol–water partition coefficient (Wildman–Crippen LogP) is 1.87. The Bertz CT molecular complexity index is 538. The highest BCUT2D eigenvalue weighted by molar-refractivity contribution is 6.19. The van der Waals surface area contributed by atoms with Crippen LogP contribution in [-0.4, -0.2) is 23.2 Å². The summed E-state index contributed by atoms with van der Waals surface area (Å²) in [4.78, 5) is 34.4. The van der Waals surface area contributed by atoms with Gasteiger partial charge >= 0.3 is 5.97 Å². The quantitative estimate of drug-likeness (QED) is 0.466. The molecule has 1 aromatic rings. The number of ether oxygens (including phenoxy) is 1. The normalized spacial score (nSPS) is 22.3. The summed E-state index contributed by atoms with van der Waals surface area (Å²) < 4.78 is 19.2. The monoisotopic (exact) mass is 250 g/mol. The molecule has 0 saturated carbocycles. The molecule has 0 aromatic heterocycles. The van der Waals surface area contributed by atoms with Gasteiger partial charge in [0.05, 0.1) is 5.56 Å². The number of esters is 1. The second-order valence-electron chi connectivity index (χ2n) is 4.22. The Morgan fingerprint density at radius 1 is 1.33 bits per heavy atom. The standard InChI is InChI=1S/C13H11FO4/c1-8(15)6-7-13(14)11(16)9-4-2-3-5-10(9)18-12(13)17/h2-5H,6-7H2,1H3. The SMILES string of the molecule is CC(=O)CCC1(F)C(=O)Oc2ccccc2C1=O. The predicted molar refractivity (Wildman–Crippen MR) is 60.2 cm³/mol. The number of benzene rings is 1. The summed E-state index contributed by atoms with van der Waals surface area (Å²) in [6, 6.07) is 5.96. The zero-order chi connectivity index (χ0) is 13.3. The van der Waals surface area contributed by atoms with Gasteiger partial charge in [0.25, 0.3) is 5.67 Å². The zero-order valence-electron chi connectivity index (χ0n) is 9.73. The van der Waals surface area contributed by atoms with Crippen LogP contribution in [0.1, 0.15) is 30.1 Å². The second kappa shape index (κ2) is 4.33. The molecule has 1 aliphatic heterocycles. The van der Waals surface area contributed by atoms with Crippen LogP contribution in [0.2, 0.25) is 0 Å². The Kier molecular flexibility index (Phi) is 2.98. The summed E-state index contributed by atoms with van der Waals surface area (Å²) in [5.41, 5.74) is -2.72. The minimum Gasteiger partial charge on any atom is -0.423 e. The highest BCUT2D eigenvalue weighted by Crippen LogP contribution is 2.35. The molecule has 0 saturated heterocycles. The molecule has 1 heterocycles. The van der Waals surface area contributed by atoms with Gasteiger partial charge in [0.15, 0.2) is 0 Å². The Morgan fingerprint density at radius 2 is 2.00 bits per heavy atom. The van der Waals surface area contributed by atoms with Crippen LogP contribution in [0.15, 0.2) is 24.3 Å². The van der Waals surface area contributed by atoms with Gasteiger partial charge in [-0.25, -0.2) is 9.18 Å². The molecule has 0 spiro atoms. The number of alkyl halides is 1. The average Bonchev–Trinajstić information content (AvgIpc) is 2.34. The minimum atomic E-state index is -2.75. The highest BCUT2D eigenvalue weighted by Gasteiger charge is 2.52. The average molecular weight is 250 g/mol. The van der Waals surface area contributed by atoms with Crippen molar-refractivity contribution in [3.05, 3.63) is 29.8 Å². The summed E-state index contributed by atoms with van der Waals surface area (Å²) in [6.07, 6.45) is -0.659. The summed E-state index contributed by atoms with van der Waals surface area (Å²) >= 11 is 0. The Balaban J connectivity index is 2.37. The maximum atomic E-state index is 14.4. The number of para-hydroxylation sites is 1. The van der Waals surface area contributed by atoms with Gasteiger partial charge in [-0.15, -0.1) is 0 Å². The van der Waals surface area contributed by atoms with Crippen LogP contribution in [-0.2, 0) is 9.59 Å². The highest BCUT2D eigenvalue weighted by atomic mass is 19.1. The molecule has 0 radical (unpaired) electrons. The molecule has 4 nitrogen and oxygen atoms in total. The molecule has 1 aromatic carbocycles. The fraction of sp³-hybridized carbons (Fsp3) is 0.308. The van der Waals surface area contributed by atoms with Crippen molar-refractivity contribution in [1.82, 2.24) is 0 Å². The molecule has 0 amide bonds. The molecular weight excluding hydrogens is 239 g/mol. The van der Waals surface area contributed by atoms with Crippen molar-refractivity contribution in [3.63, 3.8) is 0 Å². The van der Waals surface area contributed by atoms with Crippen LogP contribution in [0.4, 0.5) is 4.39 Å². The number of fused-ring (bicyclic) bond motifs is 1. The van der Waals surface area contributed by atoms with Crippen molar-refractivity contribution < 1.29 is 23.5 Å². The van der Waals surface area contributed by atoms with Gasteiger partial charge in [0.1, 0.15) is 11.5 Å². The minimum absolute atomic E-state index is 0.0307. The molecule has 94 valence electrons. The molecule has 1 unspecified atom stereocenters. The van der Waals surface area contributed by atoms with Crippen LogP contribution in [0.5, 0.6) is 5.75 Å². The van der Waals surface area contributed by atoms with Crippen molar-refractivity contribution in [2.75, 3.05) is 0 Å². The number of halogens is 1. The Morgan fingerprint density at radius 3 is 2.67 bits per heavy atom. The van der Waals surface area contributed by atoms with Crippen molar-refractivity contribution in [1.29, 1.82) is 0 Å². The van der Waals surface area contributed by atoms with Gasteiger partial charge in [-0.1, -0.05) is 12.1 Å². The fourth-order valence-corrected chi connectivity index (χ4v) is 1.79. The third-order valence-corrected chi connectivity index (χ3v) is 2.84. The third kappa shape index (κ3) is 1.92. The van der Waals surface area contributed by atoms with E-state index in [1.165, 1.54) is 19.1 Å². The van der Waals surface area contributed by atoms with E-state index >= 15 is 0 Å². The maximum Gasteiger partial charge on any atom is 0.357 e. The molecule has 5 heteroatoms. The molecule has 0 aliphatic carbocycles. The van der Waals surface area contributed by atoms with Crippen LogP contribution < -0.4 is 4.74 Å². The van der Waals surface area contributed by atoms with Crippen LogP contribution in [0.3, 0.4) is 0 Å². The number of Topliss-reactive ketones (excluding diaryl/α,β-unsaturated/α-hetero) is 2. The molecule has 0 N–H and O–H groups in total. The third-order valence-electron chi connectivity index (χ3n) is 2.84. The van der Waals surface area contributed by atoms with Gasteiger partial charge in [0.2, 0.25) is 5.78 Å². The van der Waals surface area contributed by atoms with Crippen LogP contribution in [0.25, 0.3) is 0 Å². The molecule has 1 aliphatic rings. The summed E-state index contributed by atoms with van der Waals surface area (Å²) in [5.74, 6) is -2.40. The summed E-state index contributed by atoms with van der Waals surface area (Å²) in [6.45, 7) is 1.27. The molecule has 18 heavy (non-hydrogen) atoms. The van der Waals surface area contributed by atoms with E-state index in [1.807, 2.05) is 0 Å². The van der Waals surface area contributed by atoms with Gasteiger partial charge in [-0.3, -0.25) is 4.79 Å². The number of ketones is 2. The molecule has 0 fully saturated rings. The van der Waals surface area contributed by atoms with E-state index in [1.54, 1.807) is 12.1 Å². The molecule has 1 atom stereocenters. The lowest BCUT2D eigenvalue weighted by Gasteiger charge is -2.27. The number of rotatable bonds is 3. The van der Waals surface area contributed by atoms with Gasteiger partial charge in [0, 0.05) is 12.8 Å². The van der Waals surface area contributed by atoms with Gasteiger partial charge in [-0.2, -0.15) is 0 Å². The lowest BCUT2D eigenvalue weighted by molar-refractivity contribution is -0.146. The van der Waals surface area contributed by atoms with E-state index in [2.05, 4.69) is 0 Å². The van der Waals surface area contributed by atoms with Gasteiger partial charge < -0.3 is 9.53 Å². The lowest BCUT2D eigenvalue weighted by Crippen LogP contribution is -2.48. The fourth-order valence-electron chi connectivity index (χ4n) is 1.79. The van der Waals surface area contributed by atoms with E-state index in [-0.39, 0.29) is 23.5 Å². The van der Waals surface area contributed by atoms with Crippen molar-refractivity contribution in [3.8, 4) is 5.75 Å². The summed E-state index contributed by atoms with van der Waals surface area (Å²) in [7, 11) is 0. The van der Waals surface area contributed by atoms with Crippen molar-refractivity contribution >= 4 is 17.5 Å². The summed E-state index contributed by atoms with van der Waals surface area (Å²) in [5, 5.41) is 0. The van der Waals surface area contributed by atoms with E-state index in [0.29, 0.717) is 0 Å². The van der Waals surface area contributed by atoms with E-state index in [0.717, 1.165) is 0 Å². The number of hydrogen-bond acceptors (Lipinski definition) is 4. The van der Waals surface area contributed by atoms with E-state index < -0.39 is 23.8 Å². The molecule has 0 bridgehead atoms. The smallest absolute Gasteiger partial charge is 0.357 e. The van der Waals surface area contributed by atoms with Crippen LogP contribution >= 0.6 is 0 Å². The van der Waals surface area contributed by atoms with Crippen molar-refractivity contribution in [2.45, 2.75) is 25.4 Å². The number of carbonyl (C=O) groups excluding carboxylic acids is 3. The lowest BCUT2D eigenvalue weighted by atomic mass is 9.87. The topological polar surface area (TPSA) is 60.4 Å². The molecular formula is C13H11FO4. The van der Waals surface area contributed by atoms with E-state index in [9.17, 15) is 18.8 Å². The largest absolute Gasteiger partial charge is 0.423 e. The molecule has 2 rings (SSSR count). The Hall–Kier alpha value is -2.04. The first-order valence-electron chi connectivity index (χ1n) is 5.49. The first-order chi connectivity index (χ1) is 8.45. The second-order valence-corrected chi connectivity index (χ2v) is 4.22. The van der Waals surface area contributed by atoms with E-state index in [4.69, 9.17) is 4.74 Å². The maximum absolute atomic E-state index is 14.4. The first kappa shape index (κ1) is 12.4. The van der Waals surface area contributed by atoms with Gasteiger partial charge in [-0.05, 0) is 19.1 Å². The van der Waals surface area contributed by atoms with Crippen molar-refractivity contribution in [2.24, 2.45) is 0 Å². The zero-order valence-corrected chi connectivity index (χ0v) is 9.73. The first-order valence-corrected chi connectivity index (χ1v) is 5.49.